The fourth-order valence-electron chi connectivity index (χ4n) is 1.56. The Balaban J connectivity index is 1.86. The standard InChI is InChI=1S/C10H16O3/c1-10(2)12-5-8(6-13-10)9(11)7-3-4-7/h7-8H,3-6H2,1-2H3. The third-order valence-corrected chi connectivity index (χ3v) is 2.65. The van der Waals surface area contributed by atoms with Gasteiger partial charge in [-0.2, -0.15) is 0 Å². The Kier molecular flexibility index (Phi) is 2.16. The van der Waals surface area contributed by atoms with Crippen LogP contribution in [0, 0.1) is 11.8 Å². The van der Waals surface area contributed by atoms with Crippen molar-refractivity contribution in [3.05, 3.63) is 0 Å². The number of ether oxygens (including phenoxy) is 2. The molecule has 0 N–H and O–H groups in total. The second kappa shape index (κ2) is 3.07. The van der Waals surface area contributed by atoms with Crippen molar-refractivity contribution in [2.75, 3.05) is 13.2 Å². The normalized spacial score (nSPS) is 28.8. The van der Waals surface area contributed by atoms with Gasteiger partial charge in [-0.25, -0.2) is 0 Å². The number of hydrogen-bond donors (Lipinski definition) is 0. The van der Waals surface area contributed by atoms with Crippen LogP contribution < -0.4 is 0 Å². The van der Waals surface area contributed by atoms with Crippen LogP contribution in [0.4, 0.5) is 0 Å². The van der Waals surface area contributed by atoms with Crippen LogP contribution in [0.3, 0.4) is 0 Å². The van der Waals surface area contributed by atoms with Crippen LogP contribution >= 0.6 is 0 Å². The second-order valence-electron chi connectivity index (χ2n) is 4.40. The number of Topliss-reactive ketones (excluding diaryl/α,β-unsaturated/α-hetero) is 1. The Morgan fingerprint density at radius 1 is 1.15 bits per heavy atom. The number of hydrogen-bond acceptors (Lipinski definition) is 3. The summed E-state index contributed by atoms with van der Waals surface area (Å²) in [6, 6.07) is 0. The lowest BCUT2D eigenvalue weighted by atomic mass is 10.0. The van der Waals surface area contributed by atoms with Gasteiger partial charge in [0.1, 0.15) is 5.78 Å². The van der Waals surface area contributed by atoms with E-state index >= 15 is 0 Å². The van der Waals surface area contributed by atoms with E-state index in [1.54, 1.807) is 0 Å². The highest BCUT2D eigenvalue weighted by atomic mass is 16.7. The Hall–Kier alpha value is -0.410. The van der Waals surface area contributed by atoms with E-state index in [1.807, 2.05) is 13.8 Å². The van der Waals surface area contributed by atoms with Gasteiger partial charge in [-0.05, 0) is 26.7 Å². The van der Waals surface area contributed by atoms with Crippen molar-refractivity contribution in [3.8, 4) is 0 Å². The summed E-state index contributed by atoms with van der Waals surface area (Å²) in [4.78, 5) is 11.6. The molecule has 0 atom stereocenters. The Morgan fingerprint density at radius 3 is 2.15 bits per heavy atom. The largest absolute Gasteiger partial charge is 0.350 e. The fraction of sp³-hybridized carbons (Fsp3) is 0.900. The van der Waals surface area contributed by atoms with Crippen LogP contribution in [-0.4, -0.2) is 24.8 Å². The summed E-state index contributed by atoms with van der Waals surface area (Å²) in [7, 11) is 0. The van der Waals surface area contributed by atoms with Crippen molar-refractivity contribution < 1.29 is 14.3 Å². The van der Waals surface area contributed by atoms with E-state index in [2.05, 4.69) is 0 Å². The highest BCUT2D eigenvalue weighted by molar-refractivity contribution is 5.85. The van der Waals surface area contributed by atoms with Gasteiger partial charge in [0.15, 0.2) is 5.79 Å². The molecule has 74 valence electrons. The molecule has 0 radical (unpaired) electrons. The van der Waals surface area contributed by atoms with E-state index < -0.39 is 5.79 Å². The molecular weight excluding hydrogens is 168 g/mol. The smallest absolute Gasteiger partial charge is 0.162 e. The van der Waals surface area contributed by atoms with Crippen LogP contribution in [0.2, 0.25) is 0 Å². The number of carbonyl (C=O) groups is 1. The molecule has 2 aliphatic rings. The quantitative estimate of drug-likeness (QED) is 0.650. The van der Waals surface area contributed by atoms with E-state index in [9.17, 15) is 4.79 Å². The lowest BCUT2D eigenvalue weighted by Gasteiger charge is -2.34. The van der Waals surface area contributed by atoms with E-state index in [4.69, 9.17) is 9.47 Å². The molecule has 0 spiro atoms. The lowest BCUT2D eigenvalue weighted by Crippen LogP contribution is -2.42. The van der Waals surface area contributed by atoms with Crippen LogP contribution in [-0.2, 0) is 14.3 Å². The molecule has 1 aliphatic carbocycles. The minimum Gasteiger partial charge on any atom is -0.350 e. The van der Waals surface area contributed by atoms with E-state index in [1.165, 1.54) is 0 Å². The van der Waals surface area contributed by atoms with Gasteiger partial charge >= 0.3 is 0 Å². The van der Waals surface area contributed by atoms with Crippen molar-refractivity contribution in [3.63, 3.8) is 0 Å². The molecule has 0 bridgehead atoms. The van der Waals surface area contributed by atoms with Crippen molar-refractivity contribution >= 4 is 5.78 Å². The molecule has 2 fully saturated rings. The van der Waals surface area contributed by atoms with Crippen molar-refractivity contribution in [2.24, 2.45) is 11.8 Å². The third-order valence-electron chi connectivity index (χ3n) is 2.65. The molecule has 0 amide bonds. The predicted molar refractivity (Wildman–Crippen MR) is 47.2 cm³/mol. The zero-order chi connectivity index (χ0) is 9.47. The van der Waals surface area contributed by atoms with Crippen LogP contribution in [0.5, 0.6) is 0 Å². The van der Waals surface area contributed by atoms with Gasteiger partial charge in [-0.3, -0.25) is 4.79 Å². The first-order valence-corrected chi connectivity index (χ1v) is 4.90. The summed E-state index contributed by atoms with van der Waals surface area (Å²) in [5.74, 6) is 0.148. The minimum atomic E-state index is -0.500. The SMILES string of the molecule is CC1(C)OCC(C(=O)C2CC2)CO1. The first kappa shape index (κ1) is 9.16. The molecule has 3 nitrogen and oxygen atoms in total. The Labute approximate surface area is 78.4 Å². The first-order chi connectivity index (χ1) is 6.08. The fourth-order valence-corrected chi connectivity index (χ4v) is 1.56. The third kappa shape index (κ3) is 2.09. The van der Waals surface area contributed by atoms with Gasteiger partial charge in [0.2, 0.25) is 0 Å². The summed E-state index contributed by atoms with van der Waals surface area (Å²) in [6.07, 6.45) is 2.14. The van der Waals surface area contributed by atoms with Gasteiger partial charge in [0, 0.05) is 5.92 Å². The summed E-state index contributed by atoms with van der Waals surface area (Å²) < 4.78 is 10.9. The number of rotatable bonds is 2. The number of ketones is 1. The summed E-state index contributed by atoms with van der Waals surface area (Å²) in [5, 5.41) is 0. The van der Waals surface area contributed by atoms with E-state index in [0.717, 1.165) is 12.8 Å². The molecule has 0 unspecified atom stereocenters. The summed E-state index contributed by atoms with van der Waals surface area (Å²) in [5.41, 5.74) is 0. The monoisotopic (exact) mass is 184 g/mol. The van der Waals surface area contributed by atoms with Crippen LogP contribution in [0.15, 0.2) is 0 Å². The van der Waals surface area contributed by atoms with Crippen molar-refractivity contribution in [2.45, 2.75) is 32.5 Å². The maximum atomic E-state index is 11.6. The Morgan fingerprint density at radius 2 is 1.69 bits per heavy atom. The molecule has 13 heavy (non-hydrogen) atoms. The molecule has 2 rings (SSSR count). The Bertz CT molecular complexity index is 208. The van der Waals surface area contributed by atoms with E-state index in [0.29, 0.717) is 24.9 Å². The molecule has 0 aromatic rings. The maximum Gasteiger partial charge on any atom is 0.162 e. The topological polar surface area (TPSA) is 35.5 Å². The summed E-state index contributed by atoms with van der Waals surface area (Å²) >= 11 is 0. The van der Waals surface area contributed by atoms with Crippen LogP contribution in [0.1, 0.15) is 26.7 Å². The zero-order valence-electron chi connectivity index (χ0n) is 8.21. The molecule has 0 aromatic heterocycles. The van der Waals surface area contributed by atoms with Crippen molar-refractivity contribution in [1.29, 1.82) is 0 Å². The molecular formula is C10H16O3. The maximum absolute atomic E-state index is 11.6. The predicted octanol–water partition coefficient (Wildman–Crippen LogP) is 1.36. The van der Waals surface area contributed by atoms with Gasteiger partial charge in [-0.1, -0.05) is 0 Å². The lowest BCUT2D eigenvalue weighted by molar-refractivity contribution is -0.258. The van der Waals surface area contributed by atoms with Gasteiger partial charge in [0.05, 0.1) is 19.1 Å². The van der Waals surface area contributed by atoms with Crippen molar-refractivity contribution in [1.82, 2.24) is 0 Å². The molecule has 1 saturated carbocycles. The van der Waals surface area contributed by atoms with Gasteiger partial charge in [0.25, 0.3) is 0 Å². The number of carbonyl (C=O) groups excluding carboxylic acids is 1. The second-order valence-corrected chi connectivity index (χ2v) is 4.40. The van der Waals surface area contributed by atoms with Crippen LogP contribution in [0.25, 0.3) is 0 Å². The highest BCUT2D eigenvalue weighted by Gasteiger charge is 2.38. The zero-order valence-corrected chi connectivity index (χ0v) is 8.21. The average molecular weight is 184 g/mol. The molecule has 0 aromatic carbocycles. The first-order valence-electron chi connectivity index (χ1n) is 4.90. The average Bonchev–Trinajstić information content (AvgIpc) is 2.85. The molecule has 3 heteroatoms. The minimum absolute atomic E-state index is 0.0134. The highest BCUT2D eigenvalue weighted by Crippen LogP contribution is 2.34. The van der Waals surface area contributed by atoms with E-state index in [-0.39, 0.29) is 5.92 Å². The molecule has 1 saturated heterocycles. The van der Waals surface area contributed by atoms with Gasteiger partial charge < -0.3 is 9.47 Å². The molecule has 1 heterocycles. The van der Waals surface area contributed by atoms with Gasteiger partial charge in [-0.15, -0.1) is 0 Å². The summed E-state index contributed by atoms with van der Waals surface area (Å²) in [6.45, 7) is 4.82. The molecule has 1 aliphatic heterocycles.